The molecule has 1 rings (SSSR count). The summed E-state index contributed by atoms with van der Waals surface area (Å²) >= 11 is 0. The van der Waals surface area contributed by atoms with Crippen molar-refractivity contribution >= 4 is 0 Å². The quantitative estimate of drug-likeness (QED) is 0.462. The Morgan fingerprint density at radius 1 is 1.71 bits per heavy atom. The number of aliphatic hydroxyl groups excluding tert-OH is 1. The Morgan fingerprint density at radius 2 is 2.57 bits per heavy atom. The molecule has 7 heavy (non-hydrogen) atoms. The molecule has 1 N–H and O–H groups in total. The van der Waals surface area contributed by atoms with Gasteiger partial charge < -0.3 is 5.11 Å². The second kappa shape index (κ2) is 1.98. The Kier molecular flexibility index (Phi) is 1.32. The van der Waals surface area contributed by atoms with Crippen LogP contribution in [0.15, 0.2) is 12.3 Å². The van der Waals surface area contributed by atoms with Gasteiger partial charge in [-0.05, 0) is 12.8 Å². The maximum Gasteiger partial charge on any atom is 0.145 e. The number of aliphatic hydroxyl groups is 1. The van der Waals surface area contributed by atoms with Crippen molar-refractivity contribution in [3.63, 3.8) is 0 Å². The summed E-state index contributed by atoms with van der Waals surface area (Å²) in [6.07, 6.45) is 4.94. The second-order valence-corrected chi connectivity index (χ2v) is 1.59. The minimum atomic E-state index is -0.426. The molecule has 0 aliphatic carbocycles. The van der Waals surface area contributed by atoms with Crippen molar-refractivity contribution in [2.75, 3.05) is 0 Å². The van der Waals surface area contributed by atoms with E-state index >= 15 is 0 Å². The molecule has 0 fully saturated rings. The Hall–Kier alpha value is -0.500. The van der Waals surface area contributed by atoms with E-state index in [2.05, 4.69) is 5.32 Å². The van der Waals surface area contributed by atoms with Crippen LogP contribution in [0.2, 0.25) is 0 Å². The Balaban J connectivity index is 2.32. The summed E-state index contributed by atoms with van der Waals surface area (Å²) in [6, 6.07) is 0. The highest BCUT2D eigenvalue weighted by Crippen LogP contribution is 2.00. The lowest BCUT2D eigenvalue weighted by Gasteiger charge is -2.09. The normalized spacial score (nSPS) is 29.6. The van der Waals surface area contributed by atoms with Crippen LogP contribution in [-0.4, -0.2) is 11.3 Å². The van der Waals surface area contributed by atoms with Crippen molar-refractivity contribution in [2.24, 2.45) is 0 Å². The highest BCUT2D eigenvalue weighted by atomic mass is 16.3. The molecule has 0 saturated carbocycles. The van der Waals surface area contributed by atoms with Crippen molar-refractivity contribution in [1.82, 2.24) is 5.32 Å². The van der Waals surface area contributed by atoms with Gasteiger partial charge in [0.05, 0.1) is 0 Å². The first-order chi connectivity index (χ1) is 3.39. The average Bonchev–Trinajstić information content (AvgIpc) is 1.69. The molecular formula is C5H8NO. The van der Waals surface area contributed by atoms with Gasteiger partial charge in [0.1, 0.15) is 6.23 Å². The number of hydrogen-bond acceptors (Lipinski definition) is 1. The lowest BCUT2D eigenvalue weighted by molar-refractivity contribution is 0.136. The molecule has 1 radical (unpaired) electrons. The number of nitrogens with zero attached hydrogens (tertiary/aromatic N) is 1. The number of allylic oxidation sites excluding steroid dienone is 1. The zero-order valence-corrected chi connectivity index (χ0v) is 4.04. The van der Waals surface area contributed by atoms with Crippen LogP contribution in [0.4, 0.5) is 0 Å². The third kappa shape index (κ3) is 1.20. The van der Waals surface area contributed by atoms with Crippen molar-refractivity contribution in [2.45, 2.75) is 19.1 Å². The molecule has 2 heteroatoms. The monoisotopic (exact) mass is 98.1 g/mol. The maximum absolute atomic E-state index is 8.69. The van der Waals surface area contributed by atoms with E-state index in [1.165, 1.54) is 0 Å². The van der Waals surface area contributed by atoms with Gasteiger partial charge >= 0.3 is 0 Å². The molecule has 0 aromatic heterocycles. The molecule has 0 spiro atoms. The fourth-order valence-corrected chi connectivity index (χ4v) is 0.555. The fourth-order valence-electron chi connectivity index (χ4n) is 0.555. The van der Waals surface area contributed by atoms with Crippen molar-refractivity contribution in [3.05, 3.63) is 12.3 Å². The maximum atomic E-state index is 8.69. The van der Waals surface area contributed by atoms with Crippen molar-refractivity contribution in [3.8, 4) is 0 Å². The molecule has 0 saturated heterocycles. The van der Waals surface area contributed by atoms with Gasteiger partial charge in [-0.3, -0.25) is 5.32 Å². The molecule has 0 aromatic carbocycles. The fraction of sp³-hybridized carbons (Fsp3) is 0.600. The first kappa shape index (κ1) is 4.65. The minimum absolute atomic E-state index is 0.426. The lowest BCUT2D eigenvalue weighted by atomic mass is 10.2. The van der Waals surface area contributed by atoms with Gasteiger partial charge in [0, 0.05) is 6.20 Å². The minimum Gasteiger partial charge on any atom is -0.372 e. The summed E-state index contributed by atoms with van der Waals surface area (Å²) in [5.41, 5.74) is 0. The summed E-state index contributed by atoms with van der Waals surface area (Å²) in [4.78, 5) is 0. The van der Waals surface area contributed by atoms with Crippen LogP contribution in [0.3, 0.4) is 0 Å². The van der Waals surface area contributed by atoms with Gasteiger partial charge in [-0.25, -0.2) is 0 Å². The molecular weight excluding hydrogens is 90.1 g/mol. The predicted molar refractivity (Wildman–Crippen MR) is 26.5 cm³/mol. The van der Waals surface area contributed by atoms with E-state index in [1.54, 1.807) is 6.20 Å². The molecule has 39 valence electrons. The summed E-state index contributed by atoms with van der Waals surface area (Å²) in [5.74, 6) is 0. The molecule has 1 aliphatic heterocycles. The number of rotatable bonds is 0. The Morgan fingerprint density at radius 3 is 2.86 bits per heavy atom. The number of hydrogen-bond donors (Lipinski definition) is 1. The van der Waals surface area contributed by atoms with Crippen LogP contribution >= 0.6 is 0 Å². The van der Waals surface area contributed by atoms with E-state index in [1.807, 2.05) is 6.08 Å². The van der Waals surface area contributed by atoms with E-state index in [0.29, 0.717) is 0 Å². The van der Waals surface area contributed by atoms with Gasteiger partial charge in [0.2, 0.25) is 0 Å². The summed E-state index contributed by atoms with van der Waals surface area (Å²) in [7, 11) is 0. The van der Waals surface area contributed by atoms with Crippen LogP contribution in [0.25, 0.3) is 0 Å². The van der Waals surface area contributed by atoms with Gasteiger partial charge in [-0.1, -0.05) is 6.08 Å². The SMILES string of the molecule is OC1CCC=C[N]1. The lowest BCUT2D eigenvalue weighted by Crippen LogP contribution is -2.18. The second-order valence-electron chi connectivity index (χ2n) is 1.59. The molecule has 2 nitrogen and oxygen atoms in total. The Bertz CT molecular complexity index is 80.1. The molecule has 1 unspecified atom stereocenters. The van der Waals surface area contributed by atoms with E-state index in [9.17, 15) is 0 Å². The van der Waals surface area contributed by atoms with Gasteiger partial charge in [-0.2, -0.15) is 0 Å². The van der Waals surface area contributed by atoms with E-state index in [4.69, 9.17) is 5.11 Å². The third-order valence-corrected chi connectivity index (χ3v) is 0.955. The summed E-state index contributed by atoms with van der Waals surface area (Å²) < 4.78 is 0. The highest BCUT2D eigenvalue weighted by Gasteiger charge is 2.02. The first-order valence-electron chi connectivity index (χ1n) is 2.42. The van der Waals surface area contributed by atoms with Crippen LogP contribution in [0, 0.1) is 0 Å². The molecule has 0 amide bonds. The standard InChI is InChI=1S/C5H8NO/c7-5-3-1-2-4-6-5/h2,4-5,7H,1,3H2. The predicted octanol–water partition coefficient (Wildman–Crippen LogP) is 0.217. The van der Waals surface area contributed by atoms with E-state index < -0.39 is 6.23 Å². The van der Waals surface area contributed by atoms with E-state index in [0.717, 1.165) is 12.8 Å². The van der Waals surface area contributed by atoms with Crippen LogP contribution < -0.4 is 5.32 Å². The topological polar surface area (TPSA) is 34.3 Å². The largest absolute Gasteiger partial charge is 0.372 e. The molecule has 1 atom stereocenters. The zero-order chi connectivity index (χ0) is 5.11. The average molecular weight is 98.1 g/mol. The highest BCUT2D eigenvalue weighted by molar-refractivity contribution is 4.85. The van der Waals surface area contributed by atoms with Crippen LogP contribution in [-0.2, 0) is 0 Å². The van der Waals surface area contributed by atoms with Gasteiger partial charge in [-0.15, -0.1) is 0 Å². The smallest absolute Gasteiger partial charge is 0.145 e. The zero-order valence-electron chi connectivity index (χ0n) is 4.04. The van der Waals surface area contributed by atoms with Gasteiger partial charge in [0.25, 0.3) is 0 Å². The van der Waals surface area contributed by atoms with Gasteiger partial charge in [0.15, 0.2) is 0 Å². The summed E-state index contributed by atoms with van der Waals surface area (Å²) in [5, 5.41) is 12.4. The van der Waals surface area contributed by atoms with E-state index in [-0.39, 0.29) is 0 Å². The molecule has 0 bridgehead atoms. The van der Waals surface area contributed by atoms with Crippen molar-refractivity contribution < 1.29 is 5.11 Å². The summed E-state index contributed by atoms with van der Waals surface area (Å²) in [6.45, 7) is 0. The molecule has 1 aliphatic rings. The Labute approximate surface area is 42.8 Å². The van der Waals surface area contributed by atoms with Crippen molar-refractivity contribution in [1.29, 1.82) is 0 Å². The van der Waals surface area contributed by atoms with Crippen LogP contribution in [0.5, 0.6) is 0 Å². The first-order valence-corrected chi connectivity index (χ1v) is 2.42. The van der Waals surface area contributed by atoms with Crippen LogP contribution in [0.1, 0.15) is 12.8 Å². The molecule has 1 heterocycles. The molecule has 0 aromatic rings. The third-order valence-electron chi connectivity index (χ3n) is 0.955.